The van der Waals surface area contributed by atoms with Crippen LogP contribution in [0.5, 0.6) is 0 Å². The summed E-state index contributed by atoms with van der Waals surface area (Å²) in [6, 6.07) is 3.69. The molecule has 1 rings (SSSR count). The maximum absolute atomic E-state index is 11.7. The molecule has 0 unspecified atom stereocenters. The fourth-order valence-corrected chi connectivity index (χ4v) is 1.97. The Bertz CT molecular complexity index is 416. The van der Waals surface area contributed by atoms with Crippen molar-refractivity contribution in [3.63, 3.8) is 0 Å². The minimum absolute atomic E-state index is 0.0302. The number of halogens is 1. The highest BCUT2D eigenvalue weighted by molar-refractivity contribution is 9.10. The number of aryl methyl sites for hydroxylation is 1. The topological polar surface area (TPSA) is 55.1 Å². The van der Waals surface area contributed by atoms with Gasteiger partial charge in [0.15, 0.2) is 0 Å². The standard InChI is InChI=1S/C13H19BrN2O/c1-8(2)4-5-13(17)16-12-7-11(15)9(3)6-10(12)14/h6-8H,4-5,15H2,1-3H3,(H,16,17). The molecule has 0 aliphatic heterocycles. The molecular weight excluding hydrogens is 280 g/mol. The Labute approximate surface area is 111 Å². The lowest BCUT2D eigenvalue weighted by atomic mass is 10.1. The Balaban J connectivity index is 2.68. The highest BCUT2D eigenvalue weighted by atomic mass is 79.9. The summed E-state index contributed by atoms with van der Waals surface area (Å²) in [4.78, 5) is 11.7. The minimum atomic E-state index is 0.0302. The van der Waals surface area contributed by atoms with Crippen molar-refractivity contribution >= 4 is 33.2 Å². The van der Waals surface area contributed by atoms with E-state index in [0.717, 1.165) is 22.1 Å². The first kappa shape index (κ1) is 14.0. The molecular formula is C13H19BrN2O. The molecule has 0 aliphatic rings. The number of rotatable bonds is 4. The third-order valence-electron chi connectivity index (χ3n) is 2.58. The molecule has 0 radical (unpaired) electrons. The van der Waals surface area contributed by atoms with Gasteiger partial charge < -0.3 is 11.1 Å². The number of nitrogen functional groups attached to an aromatic ring is 1. The number of carbonyl (C=O) groups excluding carboxylic acids is 1. The smallest absolute Gasteiger partial charge is 0.224 e. The first-order valence-electron chi connectivity index (χ1n) is 5.75. The molecule has 94 valence electrons. The second kappa shape index (κ2) is 6.05. The third kappa shape index (κ3) is 4.38. The Hall–Kier alpha value is -1.03. The summed E-state index contributed by atoms with van der Waals surface area (Å²) < 4.78 is 0.863. The average Bonchev–Trinajstić information content (AvgIpc) is 2.23. The Morgan fingerprint density at radius 3 is 2.71 bits per heavy atom. The molecule has 4 heteroatoms. The van der Waals surface area contributed by atoms with Crippen molar-refractivity contribution in [2.75, 3.05) is 11.1 Å². The van der Waals surface area contributed by atoms with E-state index in [1.165, 1.54) is 0 Å². The Morgan fingerprint density at radius 2 is 2.12 bits per heavy atom. The molecule has 0 saturated heterocycles. The summed E-state index contributed by atoms with van der Waals surface area (Å²) in [6.45, 7) is 6.14. The molecule has 0 aromatic heterocycles. The van der Waals surface area contributed by atoms with Gasteiger partial charge in [-0.05, 0) is 52.9 Å². The number of nitrogens with one attached hydrogen (secondary N) is 1. The van der Waals surface area contributed by atoms with E-state index in [9.17, 15) is 4.79 Å². The van der Waals surface area contributed by atoms with Crippen LogP contribution in [-0.4, -0.2) is 5.91 Å². The fraction of sp³-hybridized carbons (Fsp3) is 0.462. The van der Waals surface area contributed by atoms with Gasteiger partial charge in [0.05, 0.1) is 5.69 Å². The monoisotopic (exact) mass is 298 g/mol. The van der Waals surface area contributed by atoms with E-state index in [2.05, 4.69) is 35.1 Å². The summed E-state index contributed by atoms with van der Waals surface area (Å²) >= 11 is 3.42. The minimum Gasteiger partial charge on any atom is -0.398 e. The van der Waals surface area contributed by atoms with Crippen molar-refractivity contribution in [1.82, 2.24) is 0 Å². The Morgan fingerprint density at radius 1 is 1.47 bits per heavy atom. The van der Waals surface area contributed by atoms with Gasteiger partial charge in [-0.15, -0.1) is 0 Å². The predicted octanol–water partition coefficient (Wildman–Crippen LogP) is 3.71. The number of nitrogens with two attached hydrogens (primary N) is 1. The highest BCUT2D eigenvalue weighted by Crippen LogP contribution is 2.27. The zero-order valence-electron chi connectivity index (χ0n) is 10.5. The number of amides is 1. The lowest BCUT2D eigenvalue weighted by Crippen LogP contribution is -2.13. The van der Waals surface area contributed by atoms with Gasteiger partial charge in [0, 0.05) is 16.6 Å². The van der Waals surface area contributed by atoms with Gasteiger partial charge in [-0.2, -0.15) is 0 Å². The summed E-state index contributed by atoms with van der Waals surface area (Å²) in [5.74, 6) is 0.565. The van der Waals surface area contributed by atoms with E-state index in [0.29, 0.717) is 18.0 Å². The lowest BCUT2D eigenvalue weighted by molar-refractivity contribution is -0.116. The van der Waals surface area contributed by atoms with Crippen LogP contribution in [0.3, 0.4) is 0 Å². The van der Waals surface area contributed by atoms with Crippen LogP contribution in [0, 0.1) is 12.8 Å². The maximum atomic E-state index is 11.7. The largest absolute Gasteiger partial charge is 0.398 e. The molecule has 0 atom stereocenters. The van der Waals surface area contributed by atoms with Crippen molar-refractivity contribution in [1.29, 1.82) is 0 Å². The van der Waals surface area contributed by atoms with E-state index in [4.69, 9.17) is 5.73 Å². The van der Waals surface area contributed by atoms with E-state index >= 15 is 0 Å². The van der Waals surface area contributed by atoms with Crippen molar-refractivity contribution < 1.29 is 4.79 Å². The fourth-order valence-electron chi connectivity index (χ4n) is 1.42. The first-order valence-corrected chi connectivity index (χ1v) is 6.55. The molecule has 0 heterocycles. The highest BCUT2D eigenvalue weighted by Gasteiger charge is 2.08. The summed E-state index contributed by atoms with van der Waals surface area (Å²) in [5, 5.41) is 2.87. The Kier molecular flexibility index (Phi) is 5.00. The molecule has 17 heavy (non-hydrogen) atoms. The number of anilines is 2. The van der Waals surface area contributed by atoms with Gasteiger partial charge >= 0.3 is 0 Å². The van der Waals surface area contributed by atoms with Gasteiger partial charge in [0.25, 0.3) is 0 Å². The molecule has 0 aliphatic carbocycles. The SMILES string of the molecule is Cc1cc(Br)c(NC(=O)CCC(C)C)cc1N. The second-order valence-electron chi connectivity index (χ2n) is 4.67. The van der Waals surface area contributed by atoms with Gasteiger partial charge in [-0.1, -0.05) is 13.8 Å². The molecule has 3 N–H and O–H groups in total. The summed E-state index contributed by atoms with van der Waals surface area (Å²) in [6.07, 6.45) is 1.43. The van der Waals surface area contributed by atoms with Crippen LogP contribution in [0.15, 0.2) is 16.6 Å². The first-order chi connectivity index (χ1) is 7.90. The van der Waals surface area contributed by atoms with E-state index in [1.807, 2.05) is 13.0 Å². The predicted molar refractivity (Wildman–Crippen MR) is 76.0 cm³/mol. The number of carbonyl (C=O) groups is 1. The summed E-state index contributed by atoms with van der Waals surface area (Å²) in [5.41, 5.74) is 8.24. The van der Waals surface area contributed by atoms with Crippen LogP contribution in [-0.2, 0) is 4.79 Å². The zero-order chi connectivity index (χ0) is 13.0. The van der Waals surface area contributed by atoms with E-state index in [-0.39, 0.29) is 5.91 Å². The molecule has 0 saturated carbocycles. The van der Waals surface area contributed by atoms with Crippen LogP contribution < -0.4 is 11.1 Å². The number of hydrogen-bond donors (Lipinski definition) is 2. The molecule has 1 aromatic carbocycles. The lowest BCUT2D eigenvalue weighted by Gasteiger charge is -2.10. The van der Waals surface area contributed by atoms with Gasteiger partial charge in [0.1, 0.15) is 0 Å². The number of hydrogen-bond acceptors (Lipinski definition) is 2. The maximum Gasteiger partial charge on any atom is 0.224 e. The van der Waals surface area contributed by atoms with E-state index < -0.39 is 0 Å². The van der Waals surface area contributed by atoms with Gasteiger partial charge in [-0.3, -0.25) is 4.79 Å². The van der Waals surface area contributed by atoms with Gasteiger partial charge in [-0.25, -0.2) is 0 Å². The van der Waals surface area contributed by atoms with Crippen LogP contribution in [0.1, 0.15) is 32.3 Å². The van der Waals surface area contributed by atoms with Gasteiger partial charge in [0.2, 0.25) is 5.91 Å². The van der Waals surface area contributed by atoms with Crippen molar-refractivity contribution in [2.24, 2.45) is 5.92 Å². The van der Waals surface area contributed by atoms with Crippen LogP contribution in [0.4, 0.5) is 11.4 Å². The van der Waals surface area contributed by atoms with Crippen molar-refractivity contribution in [2.45, 2.75) is 33.6 Å². The van der Waals surface area contributed by atoms with Crippen molar-refractivity contribution in [3.05, 3.63) is 22.2 Å². The zero-order valence-corrected chi connectivity index (χ0v) is 12.1. The molecule has 0 spiro atoms. The quantitative estimate of drug-likeness (QED) is 0.833. The van der Waals surface area contributed by atoms with E-state index in [1.54, 1.807) is 6.07 Å². The molecule has 0 bridgehead atoms. The van der Waals surface area contributed by atoms with Crippen LogP contribution >= 0.6 is 15.9 Å². The third-order valence-corrected chi connectivity index (χ3v) is 3.23. The molecule has 0 fully saturated rings. The molecule has 3 nitrogen and oxygen atoms in total. The number of benzene rings is 1. The average molecular weight is 299 g/mol. The summed E-state index contributed by atoms with van der Waals surface area (Å²) in [7, 11) is 0. The normalized spacial score (nSPS) is 10.6. The van der Waals surface area contributed by atoms with Crippen LogP contribution in [0.2, 0.25) is 0 Å². The van der Waals surface area contributed by atoms with Crippen LogP contribution in [0.25, 0.3) is 0 Å². The molecule has 1 amide bonds. The molecule has 1 aromatic rings. The van der Waals surface area contributed by atoms with Crippen molar-refractivity contribution in [3.8, 4) is 0 Å². The second-order valence-corrected chi connectivity index (χ2v) is 5.52.